The Hall–Kier alpha value is -2.14. The largest absolute Gasteiger partial charge is 0.508 e. The standard InChI is InChI=1S/C13H11ClO5/c1-6-2-11(16)9(13(18)19-6)4-7-3-8(15)5-10(14)12(7)17/h2-3,5,15-17H,4H2,1H3. The number of hydrogen-bond donors (Lipinski definition) is 3. The van der Waals surface area contributed by atoms with E-state index in [1.807, 2.05) is 0 Å². The molecule has 19 heavy (non-hydrogen) atoms. The van der Waals surface area contributed by atoms with E-state index < -0.39 is 5.63 Å². The average molecular weight is 283 g/mol. The zero-order valence-corrected chi connectivity index (χ0v) is 10.7. The van der Waals surface area contributed by atoms with Crippen molar-refractivity contribution in [1.82, 2.24) is 0 Å². The summed E-state index contributed by atoms with van der Waals surface area (Å²) in [6, 6.07) is 3.75. The van der Waals surface area contributed by atoms with Gasteiger partial charge in [-0.15, -0.1) is 0 Å². The fourth-order valence-corrected chi connectivity index (χ4v) is 1.98. The fourth-order valence-electron chi connectivity index (χ4n) is 1.75. The molecule has 0 spiro atoms. The molecule has 0 aliphatic carbocycles. The van der Waals surface area contributed by atoms with Crippen LogP contribution >= 0.6 is 11.6 Å². The normalized spacial score (nSPS) is 10.6. The zero-order chi connectivity index (χ0) is 14.2. The molecule has 1 aromatic carbocycles. The lowest BCUT2D eigenvalue weighted by molar-refractivity contribution is 0.422. The molecule has 0 aliphatic heterocycles. The van der Waals surface area contributed by atoms with Crippen LogP contribution in [0.1, 0.15) is 16.9 Å². The molecule has 5 nitrogen and oxygen atoms in total. The summed E-state index contributed by atoms with van der Waals surface area (Å²) in [5.41, 5.74) is -0.490. The van der Waals surface area contributed by atoms with E-state index in [0.717, 1.165) is 0 Å². The predicted molar refractivity (Wildman–Crippen MR) is 69.0 cm³/mol. The molecule has 0 bridgehead atoms. The van der Waals surface area contributed by atoms with Gasteiger partial charge in [0, 0.05) is 24.1 Å². The Balaban J connectivity index is 2.51. The maximum atomic E-state index is 11.6. The smallest absolute Gasteiger partial charge is 0.343 e. The zero-order valence-electron chi connectivity index (χ0n) is 9.98. The summed E-state index contributed by atoms with van der Waals surface area (Å²) in [5, 5.41) is 28.9. The van der Waals surface area contributed by atoms with Gasteiger partial charge in [0.15, 0.2) is 0 Å². The molecule has 0 fully saturated rings. The molecule has 1 heterocycles. The third-order valence-electron chi connectivity index (χ3n) is 2.64. The maximum Gasteiger partial charge on any atom is 0.343 e. The monoisotopic (exact) mass is 282 g/mol. The van der Waals surface area contributed by atoms with Crippen molar-refractivity contribution in [3.8, 4) is 17.2 Å². The first-order valence-corrected chi connectivity index (χ1v) is 5.79. The molecule has 0 aliphatic rings. The lowest BCUT2D eigenvalue weighted by Crippen LogP contribution is -2.09. The van der Waals surface area contributed by atoms with Crippen LogP contribution in [0.4, 0.5) is 0 Å². The maximum absolute atomic E-state index is 11.6. The van der Waals surface area contributed by atoms with Gasteiger partial charge in [0.2, 0.25) is 0 Å². The van der Waals surface area contributed by atoms with Crippen molar-refractivity contribution in [2.45, 2.75) is 13.3 Å². The van der Waals surface area contributed by atoms with E-state index in [0.29, 0.717) is 0 Å². The fraction of sp³-hybridized carbons (Fsp3) is 0.154. The van der Waals surface area contributed by atoms with Crippen LogP contribution in [0.25, 0.3) is 0 Å². The van der Waals surface area contributed by atoms with Crippen LogP contribution < -0.4 is 5.63 Å². The van der Waals surface area contributed by atoms with Crippen molar-refractivity contribution < 1.29 is 19.7 Å². The summed E-state index contributed by atoms with van der Waals surface area (Å²) in [7, 11) is 0. The Bertz CT molecular complexity index is 690. The summed E-state index contributed by atoms with van der Waals surface area (Å²) in [5.74, 6) is -0.343. The van der Waals surface area contributed by atoms with Gasteiger partial charge in [-0.05, 0) is 13.0 Å². The second-order valence-electron chi connectivity index (χ2n) is 4.12. The van der Waals surface area contributed by atoms with Crippen LogP contribution in [0.15, 0.2) is 27.4 Å². The van der Waals surface area contributed by atoms with Crippen molar-refractivity contribution in [3.05, 3.63) is 50.5 Å². The van der Waals surface area contributed by atoms with Gasteiger partial charge in [0.1, 0.15) is 23.0 Å². The molecule has 0 radical (unpaired) electrons. The minimum atomic E-state index is -0.698. The summed E-state index contributed by atoms with van der Waals surface area (Å²) >= 11 is 5.72. The highest BCUT2D eigenvalue weighted by Gasteiger charge is 2.15. The van der Waals surface area contributed by atoms with E-state index in [2.05, 4.69) is 0 Å². The molecule has 0 amide bonds. The number of aromatic hydroxyl groups is 3. The highest BCUT2D eigenvalue weighted by Crippen LogP contribution is 2.33. The molecule has 0 saturated carbocycles. The Labute approximate surface area is 113 Å². The van der Waals surface area contributed by atoms with Gasteiger partial charge in [0.25, 0.3) is 0 Å². The Morgan fingerprint density at radius 2 is 1.89 bits per heavy atom. The van der Waals surface area contributed by atoms with Crippen molar-refractivity contribution >= 4 is 11.6 Å². The molecule has 1 aromatic heterocycles. The van der Waals surface area contributed by atoms with E-state index in [4.69, 9.17) is 16.0 Å². The van der Waals surface area contributed by atoms with Crippen molar-refractivity contribution in [3.63, 3.8) is 0 Å². The van der Waals surface area contributed by atoms with Crippen molar-refractivity contribution in [1.29, 1.82) is 0 Å². The SMILES string of the molecule is Cc1cc(O)c(Cc2cc(O)cc(Cl)c2O)c(=O)o1. The van der Waals surface area contributed by atoms with E-state index >= 15 is 0 Å². The summed E-state index contributed by atoms with van der Waals surface area (Å²) in [4.78, 5) is 11.6. The third-order valence-corrected chi connectivity index (χ3v) is 2.93. The molecular formula is C13H11ClO5. The number of aryl methyl sites for hydroxylation is 1. The Morgan fingerprint density at radius 1 is 1.21 bits per heavy atom. The first kappa shape index (κ1) is 13.3. The summed E-state index contributed by atoms with van der Waals surface area (Å²) in [6.07, 6.45) is -0.103. The van der Waals surface area contributed by atoms with Crippen LogP contribution in [0.5, 0.6) is 17.2 Å². The van der Waals surface area contributed by atoms with Crippen LogP contribution in [0.2, 0.25) is 5.02 Å². The predicted octanol–water partition coefficient (Wildman–Crippen LogP) is 2.31. The number of phenolic OH excluding ortho intramolecular Hbond substituents is 2. The van der Waals surface area contributed by atoms with Crippen LogP contribution in [0, 0.1) is 6.92 Å². The quantitative estimate of drug-likeness (QED) is 0.735. The van der Waals surface area contributed by atoms with Crippen LogP contribution in [0.3, 0.4) is 0 Å². The third kappa shape index (κ3) is 2.66. The van der Waals surface area contributed by atoms with E-state index in [9.17, 15) is 20.1 Å². The molecule has 0 atom stereocenters. The van der Waals surface area contributed by atoms with Gasteiger partial charge >= 0.3 is 5.63 Å². The Morgan fingerprint density at radius 3 is 2.53 bits per heavy atom. The van der Waals surface area contributed by atoms with Gasteiger partial charge in [-0.3, -0.25) is 0 Å². The minimum Gasteiger partial charge on any atom is -0.508 e. The van der Waals surface area contributed by atoms with E-state index in [-0.39, 0.29) is 45.6 Å². The first-order chi connectivity index (χ1) is 8.88. The number of hydrogen-bond acceptors (Lipinski definition) is 5. The van der Waals surface area contributed by atoms with E-state index in [1.54, 1.807) is 0 Å². The second-order valence-corrected chi connectivity index (χ2v) is 4.53. The number of rotatable bonds is 2. The highest BCUT2D eigenvalue weighted by molar-refractivity contribution is 6.32. The molecule has 2 rings (SSSR count). The lowest BCUT2D eigenvalue weighted by Gasteiger charge is -2.08. The molecule has 2 aromatic rings. The minimum absolute atomic E-state index is 0.0115. The topological polar surface area (TPSA) is 90.9 Å². The molecule has 100 valence electrons. The molecular weight excluding hydrogens is 272 g/mol. The molecule has 3 N–H and O–H groups in total. The lowest BCUT2D eigenvalue weighted by atomic mass is 10.0. The van der Waals surface area contributed by atoms with Gasteiger partial charge in [-0.1, -0.05) is 11.6 Å². The van der Waals surface area contributed by atoms with Crippen LogP contribution in [-0.2, 0) is 6.42 Å². The average Bonchev–Trinajstić information content (AvgIpc) is 2.29. The van der Waals surface area contributed by atoms with Crippen molar-refractivity contribution in [2.24, 2.45) is 0 Å². The molecule has 6 heteroatoms. The number of benzene rings is 1. The van der Waals surface area contributed by atoms with Gasteiger partial charge in [0.05, 0.1) is 10.6 Å². The summed E-state index contributed by atoms with van der Waals surface area (Å²) in [6.45, 7) is 1.54. The summed E-state index contributed by atoms with van der Waals surface area (Å²) < 4.78 is 4.87. The van der Waals surface area contributed by atoms with Gasteiger partial charge < -0.3 is 19.7 Å². The first-order valence-electron chi connectivity index (χ1n) is 5.41. The second kappa shape index (κ2) is 4.85. The molecule has 0 unspecified atom stereocenters. The number of phenols is 2. The van der Waals surface area contributed by atoms with Crippen molar-refractivity contribution in [2.75, 3.05) is 0 Å². The Kier molecular flexibility index (Phi) is 3.40. The number of halogens is 1. The van der Waals surface area contributed by atoms with E-state index in [1.165, 1.54) is 25.1 Å². The molecule has 0 saturated heterocycles. The van der Waals surface area contributed by atoms with Gasteiger partial charge in [-0.2, -0.15) is 0 Å². The highest BCUT2D eigenvalue weighted by atomic mass is 35.5. The van der Waals surface area contributed by atoms with Crippen LogP contribution in [-0.4, -0.2) is 15.3 Å². The van der Waals surface area contributed by atoms with Gasteiger partial charge in [-0.25, -0.2) is 4.79 Å².